The summed E-state index contributed by atoms with van der Waals surface area (Å²) in [5, 5.41) is 4.85. The van der Waals surface area contributed by atoms with Gasteiger partial charge in [-0.05, 0) is 30.4 Å². The summed E-state index contributed by atoms with van der Waals surface area (Å²) >= 11 is 1.69. The summed E-state index contributed by atoms with van der Waals surface area (Å²) in [5.74, 6) is 0.448. The number of rotatable bonds is 3. The number of carbonyl (C=O) groups excluding carboxylic acids is 1. The zero-order valence-corrected chi connectivity index (χ0v) is 12.5. The molecule has 0 aromatic carbocycles. The van der Waals surface area contributed by atoms with Crippen molar-refractivity contribution >= 4 is 23.2 Å². The Morgan fingerprint density at radius 1 is 1.52 bits per heavy atom. The summed E-state index contributed by atoms with van der Waals surface area (Å²) in [7, 11) is 1.49. The molecule has 1 atom stereocenters. The summed E-state index contributed by atoms with van der Waals surface area (Å²) in [6, 6.07) is 6.01. The molecule has 1 fully saturated rings. The number of ether oxygens (including phenoxy) is 1. The third-order valence-electron chi connectivity index (χ3n) is 3.44. The van der Waals surface area contributed by atoms with Crippen LogP contribution in [0.15, 0.2) is 29.8 Å². The first-order valence-electron chi connectivity index (χ1n) is 6.76. The van der Waals surface area contributed by atoms with E-state index in [1.165, 1.54) is 12.0 Å². The van der Waals surface area contributed by atoms with Crippen LogP contribution in [0, 0.1) is 0 Å². The lowest BCUT2D eigenvalue weighted by molar-refractivity contribution is 0.207. The second kappa shape index (κ2) is 6.09. The fraction of sp³-hybridized carbons (Fsp3) is 0.357. The van der Waals surface area contributed by atoms with Gasteiger partial charge in [-0.1, -0.05) is 6.07 Å². The van der Waals surface area contributed by atoms with Crippen molar-refractivity contribution in [2.45, 2.75) is 18.9 Å². The number of methoxy groups -OCH3 is 1. The van der Waals surface area contributed by atoms with Crippen LogP contribution >= 0.6 is 11.3 Å². The van der Waals surface area contributed by atoms with Crippen molar-refractivity contribution in [3.05, 3.63) is 34.7 Å². The average molecular weight is 304 g/mol. The standard InChI is InChI=1S/C14H16N4O2S/c1-20-13-15-7-6-12(16-13)17-14(19)18-8-2-4-10(18)11-5-3-9-21-11/h3,5-7,9-10H,2,4,8H2,1H3,(H,15,16,17,19). The van der Waals surface area contributed by atoms with Gasteiger partial charge in [0.15, 0.2) is 0 Å². The number of hydrogen-bond donors (Lipinski definition) is 1. The van der Waals surface area contributed by atoms with E-state index >= 15 is 0 Å². The van der Waals surface area contributed by atoms with Gasteiger partial charge in [-0.3, -0.25) is 5.32 Å². The fourth-order valence-electron chi connectivity index (χ4n) is 2.48. The van der Waals surface area contributed by atoms with Crippen molar-refractivity contribution in [2.75, 3.05) is 19.0 Å². The van der Waals surface area contributed by atoms with Gasteiger partial charge in [0.2, 0.25) is 0 Å². The van der Waals surface area contributed by atoms with Gasteiger partial charge in [0.05, 0.1) is 13.2 Å². The van der Waals surface area contributed by atoms with Crippen LogP contribution in [0.2, 0.25) is 0 Å². The lowest BCUT2D eigenvalue weighted by atomic mass is 10.2. The molecule has 0 aliphatic carbocycles. The van der Waals surface area contributed by atoms with Gasteiger partial charge in [-0.25, -0.2) is 9.78 Å². The molecule has 7 heteroatoms. The third kappa shape index (κ3) is 2.97. The number of carbonyl (C=O) groups is 1. The highest BCUT2D eigenvalue weighted by molar-refractivity contribution is 7.10. The molecule has 6 nitrogen and oxygen atoms in total. The maximum atomic E-state index is 12.4. The molecular weight excluding hydrogens is 288 g/mol. The second-order valence-electron chi connectivity index (χ2n) is 4.73. The molecular formula is C14H16N4O2S. The Kier molecular flexibility index (Phi) is 4.01. The van der Waals surface area contributed by atoms with Crippen molar-refractivity contribution in [2.24, 2.45) is 0 Å². The zero-order valence-electron chi connectivity index (χ0n) is 11.7. The summed E-state index contributed by atoms with van der Waals surface area (Å²) < 4.78 is 4.96. The van der Waals surface area contributed by atoms with E-state index in [0.29, 0.717) is 5.82 Å². The van der Waals surface area contributed by atoms with Crippen molar-refractivity contribution in [1.82, 2.24) is 14.9 Å². The Hall–Kier alpha value is -2.15. The molecule has 3 rings (SSSR count). The fourth-order valence-corrected chi connectivity index (χ4v) is 3.35. The molecule has 1 N–H and O–H groups in total. The van der Waals surface area contributed by atoms with E-state index in [1.54, 1.807) is 23.6 Å². The molecule has 0 saturated carbocycles. The van der Waals surface area contributed by atoms with Gasteiger partial charge in [0.25, 0.3) is 0 Å². The van der Waals surface area contributed by atoms with E-state index in [1.807, 2.05) is 16.3 Å². The van der Waals surface area contributed by atoms with Gasteiger partial charge < -0.3 is 9.64 Å². The number of aromatic nitrogens is 2. The van der Waals surface area contributed by atoms with E-state index < -0.39 is 0 Å². The third-order valence-corrected chi connectivity index (χ3v) is 4.41. The predicted molar refractivity (Wildman–Crippen MR) is 80.6 cm³/mol. The molecule has 2 aromatic heterocycles. The van der Waals surface area contributed by atoms with Crippen LogP contribution in [-0.2, 0) is 0 Å². The number of anilines is 1. The van der Waals surface area contributed by atoms with Gasteiger partial charge in [-0.2, -0.15) is 4.98 Å². The van der Waals surface area contributed by atoms with Crippen LogP contribution in [-0.4, -0.2) is 34.6 Å². The highest BCUT2D eigenvalue weighted by Crippen LogP contribution is 2.34. The largest absolute Gasteiger partial charge is 0.467 e. The molecule has 0 bridgehead atoms. The van der Waals surface area contributed by atoms with Gasteiger partial charge in [-0.15, -0.1) is 11.3 Å². The number of thiophene rings is 1. The number of amides is 2. The van der Waals surface area contributed by atoms with Crippen LogP contribution in [0.5, 0.6) is 6.01 Å². The van der Waals surface area contributed by atoms with Gasteiger partial charge >= 0.3 is 12.0 Å². The Labute approximate surface area is 126 Å². The second-order valence-corrected chi connectivity index (χ2v) is 5.70. The smallest absolute Gasteiger partial charge is 0.323 e. The minimum Gasteiger partial charge on any atom is -0.467 e. The molecule has 1 aliphatic rings. The van der Waals surface area contributed by atoms with E-state index in [2.05, 4.69) is 21.4 Å². The van der Waals surface area contributed by atoms with Crippen LogP contribution < -0.4 is 10.1 Å². The van der Waals surface area contributed by atoms with E-state index in [0.717, 1.165) is 19.4 Å². The first-order valence-corrected chi connectivity index (χ1v) is 7.64. The predicted octanol–water partition coefficient (Wildman–Crippen LogP) is 2.92. The van der Waals surface area contributed by atoms with Gasteiger partial charge in [0, 0.05) is 17.6 Å². The molecule has 0 radical (unpaired) electrons. The lowest BCUT2D eigenvalue weighted by Gasteiger charge is -2.23. The molecule has 110 valence electrons. The highest BCUT2D eigenvalue weighted by Gasteiger charge is 2.30. The van der Waals surface area contributed by atoms with Crippen LogP contribution in [0.3, 0.4) is 0 Å². The molecule has 1 unspecified atom stereocenters. The van der Waals surface area contributed by atoms with Crippen LogP contribution in [0.4, 0.5) is 10.6 Å². The zero-order chi connectivity index (χ0) is 14.7. The SMILES string of the molecule is COc1nccc(NC(=O)N2CCCC2c2cccs2)n1. The van der Waals surface area contributed by atoms with E-state index in [9.17, 15) is 4.79 Å². The van der Waals surface area contributed by atoms with Crippen LogP contribution in [0.1, 0.15) is 23.8 Å². The Bertz CT molecular complexity index is 617. The summed E-state index contributed by atoms with van der Waals surface area (Å²) in [5.41, 5.74) is 0. The Morgan fingerprint density at radius 2 is 2.43 bits per heavy atom. The molecule has 21 heavy (non-hydrogen) atoms. The number of nitrogens with one attached hydrogen (secondary N) is 1. The first-order chi connectivity index (χ1) is 10.3. The minimum absolute atomic E-state index is 0.133. The molecule has 0 spiro atoms. The molecule has 3 heterocycles. The minimum atomic E-state index is -0.133. The summed E-state index contributed by atoms with van der Waals surface area (Å²) in [4.78, 5) is 23.5. The number of likely N-dealkylation sites (tertiary alicyclic amines) is 1. The summed E-state index contributed by atoms with van der Waals surface area (Å²) in [6.07, 6.45) is 3.58. The first kappa shape index (κ1) is 13.8. The maximum absolute atomic E-state index is 12.4. The summed E-state index contributed by atoms with van der Waals surface area (Å²) in [6.45, 7) is 0.761. The molecule has 1 aliphatic heterocycles. The van der Waals surface area contributed by atoms with Crippen molar-refractivity contribution < 1.29 is 9.53 Å². The van der Waals surface area contributed by atoms with Crippen molar-refractivity contribution in [3.63, 3.8) is 0 Å². The highest BCUT2D eigenvalue weighted by atomic mass is 32.1. The number of urea groups is 1. The van der Waals surface area contributed by atoms with Crippen molar-refractivity contribution in [3.8, 4) is 6.01 Å². The molecule has 2 aromatic rings. The topological polar surface area (TPSA) is 67.3 Å². The van der Waals surface area contributed by atoms with Crippen molar-refractivity contribution in [1.29, 1.82) is 0 Å². The van der Waals surface area contributed by atoms with E-state index in [4.69, 9.17) is 4.74 Å². The Balaban J connectivity index is 1.72. The number of hydrogen-bond acceptors (Lipinski definition) is 5. The average Bonchev–Trinajstić information content (AvgIpc) is 3.18. The molecule has 1 saturated heterocycles. The Morgan fingerprint density at radius 3 is 3.19 bits per heavy atom. The lowest BCUT2D eigenvalue weighted by Crippen LogP contribution is -2.34. The normalized spacial score (nSPS) is 17.8. The quantitative estimate of drug-likeness (QED) is 0.946. The number of nitrogens with zero attached hydrogens (tertiary/aromatic N) is 3. The van der Waals surface area contributed by atoms with E-state index in [-0.39, 0.29) is 18.1 Å². The monoisotopic (exact) mass is 304 g/mol. The molecule has 2 amide bonds. The maximum Gasteiger partial charge on any atom is 0.323 e. The van der Waals surface area contributed by atoms with Gasteiger partial charge in [0.1, 0.15) is 5.82 Å². The van der Waals surface area contributed by atoms with Crippen LogP contribution in [0.25, 0.3) is 0 Å².